The fraction of sp³-hybridized carbons (Fsp3) is 0.379. The van der Waals surface area contributed by atoms with Crippen molar-refractivity contribution in [3.8, 4) is 11.1 Å². The van der Waals surface area contributed by atoms with E-state index in [1.54, 1.807) is 0 Å². The van der Waals surface area contributed by atoms with E-state index >= 15 is 0 Å². The second-order valence-electron chi connectivity index (χ2n) is 10.0. The Bertz CT molecular complexity index is 1180. The van der Waals surface area contributed by atoms with Crippen LogP contribution in [0.5, 0.6) is 0 Å². The molecule has 0 radical (unpaired) electrons. The van der Waals surface area contributed by atoms with Crippen molar-refractivity contribution >= 4 is 16.9 Å². The SMILES string of the molecule is CC(Nc1ccc(CN(C)C)nc1)C1=CCNc2ccc(-c3cncc(CN4CCCC4)c3)cc21. The molecule has 6 nitrogen and oxygen atoms in total. The van der Waals surface area contributed by atoms with Crippen molar-refractivity contribution in [2.24, 2.45) is 0 Å². The molecule has 1 unspecified atom stereocenters. The number of hydrogen-bond donors (Lipinski definition) is 2. The van der Waals surface area contributed by atoms with Gasteiger partial charge in [0.2, 0.25) is 0 Å². The summed E-state index contributed by atoms with van der Waals surface area (Å²) in [6.45, 7) is 7.28. The molecule has 0 aliphatic carbocycles. The number of aromatic nitrogens is 2. The van der Waals surface area contributed by atoms with E-state index in [1.165, 1.54) is 59.4 Å². The van der Waals surface area contributed by atoms with Crippen LogP contribution in [0.25, 0.3) is 16.7 Å². The molecule has 3 aromatic rings. The molecule has 0 saturated carbocycles. The first-order valence-electron chi connectivity index (χ1n) is 12.7. The van der Waals surface area contributed by atoms with Crippen LogP contribution < -0.4 is 10.6 Å². The van der Waals surface area contributed by atoms with E-state index in [4.69, 9.17) is 0 Å². The Hall–Kier alpha value is -3.22. The number of hydrogen-bond acceptors (Lipinski definition) is 6. The number of fused-ring (bicyclic) bond motifs is 1. The zero-order chi connectivity index (χ0) is 24.2. The fourth-order valence-electron chi connectivity index (χ4n) is 5.09. The van der Waals surface area contributed by atoms with Gasteiger partial charge in [0, 0.05) is 54.9 Å². The third kappa shape index (κ3) is 5.72. The number of likely N-dealkylation sites (tertiary alicyclic amines) is 1. The second kappa shape index (κ2) is 10.6. The summed E-state index contributed by atoms with van der Waals surface area (Å²) in [4.78, 5) is 13.8. The highest BCUT2D eigenvalue weighted by molar-refractivity contribution is 5.86. The number of pyridine rings is 2. The lowest BCUT2D eigenvalue weighted by Crippen LogP contribution is -2.21. The average Bonchev–Trinajstić information content (AvgIpc) is 3.37. The smallest absolute Gasteiger partial charge is 0.0545 e. The topological polar surface area (TPSA) is 56.3 Å². The largest absolute Gasteiger partial charge is 0.381 e. The molecule has 0 spiro atoms. The maximum Gasteiger partial charge on any atom is 0.0545 e. The van der Waals surface area contributed by atoms with Crippen molar-refractivity contribution in [3.63, 3.8) is 0 Å². The second-order valence-corrected chi connectivity index (χ2v) is 10.0. The highest BCUT2D eigenvalue weighted by Gasteiger charge is 2.19. The Morgan fingerprint density at radius 1 is 1.03 bits per heavy atom. The Morgan fingerprint density at radius 2 is 1.89 bits per heavy atom. The van der Waals surface area contributed by atoms with Crippen LogP contribution in [0.3, 0.4) is 0 Å². The number of anilines is 2. The van der Waals surface area contributed by atoms with Gasteiger partial charge >= 0.3 is 0 Å². The van der Waals surface area contributed by atoms with Crippen LogP contribution in [-0.2, 0) is 13.1 Å². The number of nitrogens with one attached hydrogen (secondary N) is 2. The van der Waals surface area contributed by atoms with Gasteiger partial charge in [0.1, 0.15) is 0 Å². The molecule has 0 amide bonds. The quantitative estimate of drug-likeness (QED) is 0.479. The van der Waals surface area contributed by atoms with E-state index < -0.39 is 0 Å². The Kier molecular flexibility index (Phi) is 7.11. The lowest BCUT2D eigenvalue weighted by Gasteiger charge is -2.26. The summed E-state index contributed by atoms with van der Waals surface area (Å²) in [5.41, 5.74) is 9.51. The standard InChI is InChI=1S/C29H36N6/c1-21(33-25-7-8-26(32-18-25)20-34(2)3)27-10-11-31-29-9-6-23(15-28(27)29)24-14-22(16-30-17-24)19-35-12-4-5-13-35/h6-10,14-18,21,31,33H,4-5,11-13,19-20H2,1-3H3. The molecule has 1 atom stereocenters. The van der Waals surface area contributed by atoms with Gasteiger partial charge in [0.15, 0.2) is 0 Å². The van der Waals surface area contributed by atoms with Crippen LogP contribution >= 0.6 is 0 Å². The highest BCUT2D eigenvalue weighted by Crippen LogP contribution is 2.34. The van der Waals surface area contributed by atoms with E-state index in [0.717, 1.165) is 31.0 Å². The van der Waals surface area contributed by atoms with Crippen LogP contribution in [0.2, 0.25) is 0 Å². The molecule has 0 bridgehead atoms. The van der Waals surface area contributed by atoms with Crippen molar-refractivity contribution in [2.75, 3.05) is 44.4 Å². The summed E-state index contributed by atoms with van der Waals surface area (Å²) < 4.78 is 0. The molecular weight excluding hydrogens is 432 g/mol. The summed E-state index contributed by atoms with van der Waals surface area (Å²) in [5.74, 6) is 0. The van der Waals surface area contributed by atoms with E-state index in [-0.39, 0.29) is 6.04 Å². The lowest BCUT2D eigenvalue weighted by molar-refractivity contribution is 0.331. The highest BCUT2D eigenvalue weighted by atomic mass is 15.1. The monoisotopic (exact) mass is 468 g/mol. The Labute approximate surface area is 209 Å². The van der Waals surface area contributed by atoms with Crippen LogP contribution in [0.15, 0.2) is 61.1 Å². The Morgan fingerprint density at radius 3 is 2.66 bits per heavy atom. The van der Waals surface area contributed by atoms with E-state index in [2.05, 4.69) is 93.9 Å². The van der Waals surface area contributed by atoms with Crippen LogP contribution in [0, 0.1) is 0 Å². The predicted molar refractivity (Wildman–Crippen MR) is 145 cm³/mol. The third-order valence-electron chi connectivity index (χ3n) is 6.83. The van der Waals surface area contributed by atoms with Crippen molar-refractivity contribution in [3.05, 3.63) is 77.9 Å². The molecule has 35 heavy (non-hydrogen) atoms. The predicted octanol–water partition coefficient (Wildman–Crippen LogP) is 5.11. The molecule has 2 aliphatic rings. The van der Waals surface area contributed by atoms with Gasteiger partial charge < -0.3 is 15.5 Å². The van der Waals surface area contributed by atoms with Gasteiger partial charge in [-0.15, -0.1) is 0 Å². The van der Waals surface area contributed by atoms with E-state index in [1.807, 2.05) is 18.6 Å². The van der Waals surface area contributed by atoms with Crippen molar-refractivity contribution in [1.82, 2.24) is 19.8 Å². The average molecular weight is 469 g/mol. The van der Waals surface area contributed by atoms with Crippen molar-refractivity contribution in [1.29, 1.82) is 0 Å². The minimum absolute atomic E-state index is 0.159. The number of nitrogens with zero attached hydrogens (tertiary/aromatic N) is 4. The van der Waals surface area contributed by atoms with Gasteiger partial charge in [-0.05, 0) is 94.0 Å². The minimum Gasteiger partial charge on any atom is -0.381 e. The summed E-state index contributed by atoms with van der Waals surface area (Å²) in [6, 6.07) is 13.4. The van der Waals surface area contributed by atoms with Crippen molar-refractivity contribution < 1.29 is 0 Å². The van der Waals surface area contributed by atoms with Crippen molar-refractivity contribution in [2.45, 2.75) is 38.9 Å². The molecule has 1 saturated heterocycles. The van der Waals surface area contributed by atoms with Crippen LogP contribution in [0.1, 0.15) is 36.6 Å². The summed E-state index contributed by atoms with van der Waals surface area (Å²) in [6.07, 6.45) is 10.8. The van der Waals surface area contributed by atoms with E-state index in [0.29, 0.717) is 0 Å². The molecule has 1 aromatic carbocycles. The third-order valence-corrected chi connectivity index (χ3v) is 6.83. The molecule has 6 heteroatoms. The van der Waals surface area contributed by atoms with Gasteiger partial charge in [-0.3, -0.25) is 14.9 Å². The van der Waals surface area contributed by atoms with Gasteiger partial charge in [-0.25, -0.2) is 0 Å². The Balaban J connectivity index is 1.34. The van der Waals surface area contributed by atoms with Gasteiger partial charge in [0.05, 0.1) is 17.6 Å². The van der Waals surface area contributed by atoms with E-state index in [9.17, 15) is 0 Å². The molecular formula is C29H36N6. The van der Waals surface area contributed by atoms with Crippen LogP contribution in [-0.4, -0.2) is 59.5 Å². The first-order chi connectivity index (χ1) is 17.0. The normalized spacial score (nSPS) is 16.5. The molecule has 4 heterocycles. The summed E-state index contributed by atoms with van der Waals surface area (Å²) >= 11 is 0. The fourth-order valence-corrected chi connectivity index (χ4v) is 5.09. The zero-order valence-electron chi connectivity index (χ0n) is 21.1. The zero-order valence-corrected chi connectivity index (χ0v) is 21.1. The maximum absolute atomic E-state index is 4.61. The van der Waals surface area contributed by atoms with Gasteiger partial charge in [0.25, 0.3) is 0 Å². The molecule has 2 aromatic heterocycles. The molecule has 1 fully saturated rings. The first-order valence-corrected chi connectivity index (χ1v) is 12.7. The molecule has 2 N–H and O–H groups in total. The minimum atomic E-state index is 0.159. The van der Waals surface area contributed by atoms with Gasteiger partial charge in [-0.2, -0.15) is 0 Å². The lowest BCUT2D eigenvalue weighted by atomic mass is 9.91. The van der Waals surface area contributed by atoms with Crippen LogP contribution in [0.4, 0.5) is 11.4 Å². The molecule has 5 rings (SSSR count). The first kappa shape index (κ1) is 23.5. The summed E-state index contributed by atoms with van der Waals surface area (Å²) in [7, 11) is 4.12. The number of benzene rings is 1. The summed E-state index contributed by atoms with van der Waals surface area (Å²) in [5, 5.41) is 7.18. The van der Waals surface area contributed by atoms with Gasteiger partial charge in [-0.1, -0.05) is 12.1 Å². The molecule has 2 aliphatic heterocycles. The maximum atomic E-state index is 4.61. The number of rotatable bonds is 8. The molecule has 182 valence electrons.